The summed E-state index contributed by atoms with van der Waals surface area (Å²) >= 11 is 0. The van der Waals surface area contributed by atoms with E-state index in [1.165, 1.54) is 6.08 Å². The summed E-state index contributed by atoms with van der Waals surface area (Å²) in [4.78, 5) is 19.5. The number of carbonyl (C=O) groups is 1. The van der Waals surface area contributed by atoms with Gasteiger partial charge in [0.2, 0.25) is 12.7 Å². The van der Waals surface area contributed by atoms with Crippen molar-refractivity contribution >= 4 is 23.4 Å². The summed E-state index contributed by atoms with van der Waals surface area (Å²) in [5.74, 6) is -0.179. The van der Waals surface area contributed by atoms with Crippen molar-refractivity contribution in [3.8, 4) is 11.5 Å². The molecule has 1 atom stereocenters. The number of carboxylic acids is 1. The summed E-state index contributed by atoms with van der Waals surface area (Å²) in [6, 6.07) is 8.74. The zero-order valence-electron chi connectivity index (χ0n) is 20.4. The van der Waals surface area contributed by atoms with E-state index in [0.717, 1.165) is 18.8 Å². The number of alkyl halides is 3. The average Bonchev–Trinajstić information content (AvgIpc) is 3.34. The number of hydrogen-bond acceptors (Lipinski definition) is 9. The number of nitrogens with one attached hydrogen (secondary N) is 2. The minimum atomic E-state index is -4.53. The van der Waals surface area contributed by atoms with Crippen molar-refractivity contribution in [2.24, 2.45) is 10.7 Å². The molecule has 1 aromatic carbocycles. The predicted molar refractivity (Wildman–Crippen MR) is 134 cm³/mol. The maximum atomic E-state index is 12.9. The standard InChI is InChI=1S/C25H28F3N5O5/c26-25(27,28)13-32-22(36-8-5-18-2-3-19-24(33-18)31-7-6-30-19)12-17(29)9-16(11-23(34)35)15-1-4-20-21(10-15)38-14-37-20/h1-4,10,12,16,30H,5-9,11,13-14,29H2,(H,31,33)(H,34,35). The molecule has 0 radical (unpaired) electrons. The van der Waals surface area contributed by atoms with Crippen LogP contribution in [0.25, 0.3) is 0 Å². The molecule has 2 aliphatic heterocycles. The van der Waals surface area contributed by atoms with Gasteiger partial charge < -0.3 is 35.7 Å². The van der Waals surface area contributed by atoms with E-state index in [1.807, 2.05) is 6.07 Å². The van der Waals surface area contributed by atoms with Crippen LogP contribution < -0.4 is 25.8 Å². The Balaban J connectivity index is 1.45. The van der Waals surface area contributed by atoms with Crippen LogP contribution in [0.1, 0.15) is 30.0 Å². The molecule has 1 aromatic heterocycles. The third-order valence-corrected chi connectivity index (χ3v) is 5.79. The third kappa shape index (κ3) is 7.67. The first-order valence-electron chi connectivity index (χ1n) is 12.0. The number of benzene rings is 1. The quantitative estimate of drug-likeness (QED) is 0.265. The number of ether oxygens (including phenoxy) is 3. The van der Waals surface area contributed by atoms with Crippen LogP contribution in [0.4, 0.5) is 24.7 Å². The minimum Gasteiger partial charge on any atom is -0.481 e. The largest absolute Gasteiger partial charge is 0.481 e. The van der Waals surface area contributed by atoms with Gasteiger partial charge in [0.25, 0.3) is 0 Å². The second-order valence-electron chi connectivity index (χ2n) is 8.75. The molecule has 4 rings (SSSR count). The van der Waals surface area contributed by atoms with Crippen molar-refractivity contribution in [1.82, 2.24) is 4.98 Å². The van der Waals surface area contributed by atoms with E-state index in [4.69, 9.17) is 19.9 Å². The lowest BCUT2D eigenvalue weighted by Gasteiger charge is -2.19. The normalized spacial score (nSPS) is 15.8. The molecule has 2 aliphatic rings. The molecule has 0 bridgehead atoms. The first-order chi connectivity index (χ1) is 18.2. The molecule has 0 saturated carbocycles. The summed E-state index contributed by atoms with van der Waals surface area (Å²) in [6.07, 6.45) is -3.21. The van der Waals surface area contributed by atoms with Gasteiger partial charge in [0.05, 0.1) is 18.7 Å². The van der Waals surface area contributed by atoms with Gasteiger partial charge in [0, 0.05) is 37.0 Å². The topological polar surface area (TPSA) is 140 Å². The maximum absolute atomic E-state index is 12.9. The molecule has 204 valence electrons. The number of aliphatic imine (C=N–C) groups is 1. The average molecular weight is 536 g/mol. The molecule has 0 aliphatic carbocycles. The second kappa shape index (κ2) is 11.9. The van der Waals surface area contributed by atoms with Gasteiger partial charge in [0.1, 0.15) is 12.4 Å². The van der Waals surface area contributed by atoms with E-state index < -0.39 is 24.6 Å². The fraction of sp³-hybridized carbons (Fsp3) is 0.400. The molecule has 3 heterocycles. The van der Waals surface area contributed by atoms with Crippen molar-refractivity contribution < 1.29 is 37.3 Å². The molecule has 1 unspecified atom stereocenters. The van der Waals surface area contributed by atoms with Gasteiger partial charge in [-0.3, -0.25) is 4.79 Å². The van der Waals surface area contributed by atoms with Gasteiger partial charge in [-0.25, -0.2) is 9.98 Å². The van der Waals surface area contributed by atoms with Crippen LogP contribution in [0.3, 0.4) is 0 Å². The monoisotopic (exact) mass is 535 g/mol. The molecule has 2 aromatic rings. The summed E-state index contributed by atoms with van der Waals surface area (Å²) in [6.45, 7) is 0.147. The van der Waals surface area contributed by atoms with Crippen molar-refractivity contribution in [2.75, 3.05) is 43.7 Å². The highest BCUT2D eigenvalue weighted by atomic mass is 19.4. The lowest BCUT2D eigenvalue weighted by atomic mass is 9.91. The number of halogens is 3. The van der Waals surface area contributed by atoms with Crippen LogP contribution in [0.15, 0.2) is 47.1 Å². The van der Waals surface area contributed by atoms with Crippen molar-refractivity contribution in [3.05, 3.63) is 53.4 Å². The van der Waals surface area contributed by atoms with E-state index >= 15 is 0 Å². The minimum absolute atomic E-state index is 0.0143. The molecule has 0 saturated heterocycles. The number of aliphatic carboxylic acids is 1. The highest BCUT2D eigenvalue weighted by Gasteiger charge is 2.27. The van der Waals surface area contributed by atoms with Crippen LogP contribution in [0.5, 0.6) is 11.5 Å². The van der Waals surface area contributed by atoms with Gasteiger partial charge in [-0.15, -0.1) is 0 Å². The van der Waals surface area contributed by atoms with E-state index in [0.29, 0.717) is 35.0 Å². The van der Waals surface area contributed by atoms with Crippen molar-refractivity contribution in [3.63, 3.8) is 0 Å². The molecule has 0 spiro atoms. The first-order valence-corrected chi connectivity index (χ1v) is 12.0. The van der Waals surface area contributed by atoms with Crippen molar-refractivity contribution in [2.45, 2.75) is 31.4 Å². The second-order valence-corrected chi connectivity index (χ2v) is 8.75. The lowest BCUT2D eigenvalue weighted by Crippen LogP contribution is -2.22. The van der Waals surface area contributed by atoms with Gasteiger partial charge in [-0.1, -0.05) is 6.07 Å². The van der Waals surface area contributed by atoms with E-state index in [1.54, 1.807) is 24.3 Å². The molecule has 0 amide bonds. The zero-order valence-corrected chi connectivity index (χ0v) is 20.4. The lowest BCUT2D eigenvalue weighted by molar-refractivity contribution is -0.137. The number of carboxylic acid groups (broad SMARTS) is 1. The van der Waals surface area contributed by atoms with Crippen molar-refractivity contribution in [1.29, 1.82) is 0 Å². The van der Waals surface area contributed by atoms with E-state index in [9.17, 15) is 23.1 Å². The zero-order chi connectivity index (χ0) is 27.1. The maximum Gasteiger partial charge on any atom is 0.408 e. The Labute approximate surface area is 216 Å². The number of anilines is 2. The number of fused-ring (bicyclic) bond motifs is 2. The van der Waals surface area contributed by atoms with Crippen LogP contribution in [0, 0.1) is 0 Å². The summed E-state index contributed by atoms with van der Waals surface area (Å²) in [5.41, 5.74) is 8.48. The number of hydrogen-bond donors (Lipinski definition) is 4. The Hall–Kier alpha value is -4.16. The summed E-state index contributed by atoms with van der Waals surface area (Å²) in [5, 5.41) is 15.8. The Morgan fingerprint density at radius 2 is 1.97 bits per heavy atom. The predicted octanol–water partition coefficient (Wildman–Crippen LogP) is 3.66. The number of aromatic nitrogens is 1. The fourth-order valence-corrected chi connectivity index (χ4v) is 4.04. The van der Waals surface area contributed by atoms with Crippen LogP contribution in [0.2, 0.25) is 0 Å². The molecule has 5 N–H and O–H groups in total. The van der Waals surface area contributed by atoms with Crippen LogP contribution >= 0.6 is 0 Å². The van der Waals surface area contributed by atoms with Crippen LogP contribution in [-0.2, 0) is 16.0 Å². The molecular formula is C25H28F3N5O5. The number of pyridine rings is 1. The van der Waals surface area contributed by atoms with Crippen LogP contribution in [-0.4, -0.2) is 61.2 Å². The third-order valence-electron chi connectivity index (χ3n) is 5.79. The summed E-state index contributed by atoms with van der Waals surface area (Å²) < 4.78 is 54.8. The van der Waals surface area contributed by atoms with Gasteiger partial charge >= 0.3 is 12.1 Å². The molecule has 10 nitrogen and oxygen atoms in total. The highest BCUT2D eigenvalue weighted by Crippen LogP contribution is 2.37. The number of allylic oxidation sites excluding steroid dienone is 1. The Morgan fingerprint density at radius 3 is 2.76 bits per heavy atom. The Kier molecular flexibility index (Phi) is 8.44. The van der Waals surface area contributed by atoms with E-state index in [2.05, 4.69) is 20.6 Å². The molecule has 0 fully saturated rings. The summed E-state index contributed by atoms with van der Waals surface area (Å²) in [7, 11) is 0. The van der Waals surface area contributed by atoms with Gasteiger partial charge in [-0.2, -0.15) is 13.2 Å². The number of nitrogens with two attached hydrogens (primary N) is 1. The number of rotatable bonds is 10. The van der Waals surface area contributed by atoms with E-state index in [-0.39, 0.29) is 37.8 Å². The fourth-order valence-electron chi connectivity index (χ4n) is 4.04. The Bertz CT molecular complexity index is 1220. The number of nitrogens with zero attached hydrogens (tertiary/aromatic N) is 2. The molecule has 38 heavy (non-hydrogen) atoms. The SMILES string of the molecule is NC(=CC(=NCC(F)(F)F)OCCc1ccc2c(n1)NCCN2)CC(CC(=O)O)c1ccc2c(c1)OCO2. The molecule has 13 heteroatoms. The van der Waals surface area contributed by atoms with Gasteiger partial charge in [-0.05, 0) is 42.2 Å². The smallest absolute Gasteiger partial charge is 0.408 e. The van der Waals surface area contributed by atoms with Gasteiger partial charge in [0.15, 0.2) is 11.5 Å². The first kappa shape index (κ1) is 26.9. The molecular weight excluding hydrogens is 507 g/mol. The highest BCUT2D eigenvalue weighted by molar-refractivity contribution is 5.88. The Morgan fingerprint density at radius 1 is 1.18 bits per heavy atom.